The van der Waals surface area contributed by atoms with Gasteiger partial charge in [-0.05, 0) is 47.5 Å². The van der Waals surface area contributed by atoms with Gasteiger partial charge in [-0.1, -0.05) is 17.3 Å². The van der Waals surface area contributed by atoms with Crippen LogP contribution in [0.3, 0.4) is 0 Å². The van der Waals surface area contributed by atoms with Crippen molar-refractivity contribution in [3.05, 3.63) is 59.7 Å². The number of ether oxygens (including phenoxy) is 2. The lowest BCUT2D eigenvalue weighted by Gasteiger charge is -2.08. The molecule has 0 saturated carbocycles. The van der Waals surface area contributed by atoms with Crippen molar-refractivity contribution in [1.82, 2.24) is 0 Å². The molecule has 1 heterocycles. The van der Waals surface area contributed by atoms with Crippen LogP contribution in [-0.2, 0) is 11.3 Å². The fraction of sp³-hybridized carbons (Fsp3) is 0.278. The number of rotatable bonds is 5. The standard InChI is InChI=1S/C18H19NO3/c1-20-15-7-3-13(4-8-15)11-17-12-18(19-22-17)14-5-9-16(21-2)10-6-14/h3-10,17H,11-12H2,1-2H3. The van der Waals surface area contributed by atoms with E-state index < -0.39 is 0 Å². The van der Waals surface area contributed by atoms with E-state index in [1.807, 2.05) is 36.4 Å². The van der Waals surface area contributed by atoms with Crippen LogP contribution in [0.5, 0.6) is 11.5 Å². The van der Waals surface area contributed by atoms with Crippen molar-refractivity contribution in [1.29, 1.82) is 0 Å². The fourth-order valence-corrected chi connectivity index (χ4v) is 2.52. The minimum atomic E-state index is 0.0884. The van der Waals surface area contributed by atoms with Crippen LogP contribution < -0.4 is 9.47 Å². The number of hydrogen-bond acceptors (Lipinski definition) is 4. The summed E-state index contributed by atoms with van der Waals surface area (Å²) in [6, 6.07) is 16.0. The van der Waals surface area contributed by atoms with E-state index in [-0.39, 0.29) is 6.10 Å². The van der Waals surface area contributed by atoms with Crippen LogP contribution in [0.1, 0.15) is 17.5 Å². The van der Waals surface area contributed by atoms with Crippen molar-refractivity contribution in [2.24, 2.45) is 5.16 Å². The molecule has 0 bridgehead atoms. The Morgan fingerprint density at radius 2 is 1.55 bits per heavy atom. The van der Waals surface area contributed by atoms with Crippen LogP contribution in [0.2, 0.25) is 0 Å². The molecular formula is C18H19NO3. The average molecular weight is 297 g/mol. The van der Waals surface area contributed by atoms with Gasteiger partial charge in [0.15, 0.2) is 0 Å². The van der Waals surface area contributed by atoms with Crippen LogP contribution in [-0.4, -0.2) is 26.0 Å². The molecule has 2 aromatic carbocycles. The van der Waals surface area contributed by atoms with Gasteiger partial charge in [-0.25, -0.2) is 0 Å². The number of benzene rings is 2. The third-order valence-corrected chi connectivity index (χ3v) is 3.78. The number of oxime groups is 1. The van der Waals surface area contributed by atoms with E-state index in [0.717, 1.165) is 35.6 Å². The lowest BCUT2D eigenvalue weighted by molar-refractivity contribution is 0.0859. The Hall–Kier alpha value is -2.49. The Morgan fingerprint density at radius 3 is 2.14 bits per heavy atom. The summed E-state index contributed by atoms with van der Waals surface area (Å²) in [7, 11) is 3.33. The van der Waals surface area contributed by atoms with Gasteiger partial charge in [0, 0.05) is 12.8 Å². The largest absolute Gasteiger partial charge is 0.497 e. The first-order valence-corrected chi connectivity index (χ1v) is 7.28. The third kappa shape index (κ3) is 3.22. The summed E-state index contributed by atoms with van der Waals surface area (Å²) in [5, 5.41) is 4.22. The molecule has 0 radical (unpaired) electrons. The zero-order valence-electron chi connectivity index (χ0n) is 12.8. The maximum Gasteiger partial charge on any atom is 0.137 e. The average Bonchev–Trinajstić information content (AvgIpc) is 3.04. The molecule has 0 aliphatic carbocycles. The molecule has 0 fully saturated rings. The lowest BCUT2D eigenvalue weighted by Crippen LogP contribution is -2.11. The topological polar surface area (TPSA) is 40.0 Å². The summed E-state index contributed by atoms with van der Waals surface area (Å²) in [4.78, 5) is 5.56. The second-order valence-electron chi connectivity index (χ2n) is 5.25. The summed E-state index contributed by atoms with van der Waals surface area (Å²) in [5.41, 5.74) is 3.29. The second-order valence-corrected chi connectivity index (χ2v) is 5.25. The van der Waals surface area contributed by atoms with Crippen LogP contribution in [0, 0.1) is 0 Å². The van der Waals surface area contributed by atoms with E-state index in [9.17, 15) is 0 Å². The number of nitrogens with zero attached hydrogens (tertiary/aromatic N) is 1. The summed E-state index contributed by atoms with van der Waals surface area (Å²) in [6.07, 6.45) is 1.75. The van der Waals surface area contributed by atoms with Crippen molar-refractivity contribution in [3.63, 3.8) is 0 Å². The highest BCUT2D eigenvalue weighted by molar-refractivity contribution is 6.01. The molecule has 1 atom stereocenters. The van der Waals surface area contributed by atoms with Gasteiger partial charge in [0.2, 0.25) is 0 Å². The molecule has 0 amide bonds. The molecule has 2 aromatic rings. The van der Waals surface area contributed by atoms with Crippen LogP contribution >= 0.6 is 0 Å². The van der Waals surface area contributed by atoms with E-state index in [0.29, 0.717) is 0 Å². The van der Waals surface area contributed by atoms with Gasteiger partial charge in [-0.3, -0.25) is 0 Å². The Balaban J connectivity index is 1.60. The monoisotopic (exact) mass is 297 g/mol. The van der Waals surface area contributed by atoms with Crippen LogP contribution in [0.25, 0.3) is 0 Å². The molecular weight excluding hydrogens is 278 g/mol. The van der Waals surface area contributed by atoms with Gasteiger partial charge in [-0.15, -0.1) is 0 Å². The highest BCUT2D eigenvalue weighted by Crippen LogP contribution is 2.22. The van der Waals surface area contributed by atoms with Crippen molar-refractivity contribution in [3.8, 4) is 11.5 Å². The molecule has 3 rings (SSSR count). The highest BCUT2D eigenvalue weighted by atomic mass is 16.6. The maximum atomic E-state index is 5.56. The predicted molar refractivity (Wildman–Crippen MR) is 85.7 cm³/mol. The molecule has 114 valence electrons. The minimum absolute atomic E-state index is 0.0884. The van der Waals surface area contributed by atoms with Crippen molar-refractivity contribution >= 4 is 5.71 Å². The van der Waals surface area contributed by atoms with Crippen molar-refractivity contribution in [2.45, 2.75) is 18.9 Å². The van der Waals surface area contributed by atoms with Gasteiger partial charge in [0.25, 0.3) is 0 Å². The van der Waals surface area contributed by atoms with Crippen LogP contribution in [0.15, 0.2) is 53.7 Å². The van der Waals surface area contributed by atoms with E-state index in [2.05, 4.69) is 17.3 Å². The molecule has 22 heavy (non-hydrogen) atoms. The Bertz CT molecular complexity index is 647. The first-order valence-electron chi connectivity index (χ1n) is 7.28. The van der Waals surface area contributed by atoms with E-state index in [4.69, 9.17) is 14.3 Å². The SMILES string of the molecule is COc1ccc(CC2CC(c3ccc(OC)cc3)=NO2)cc1. The van der Waals surface area contributed by atoms with Gasteiger partial charge < -0.3 is 14.3 Å². The van der Waals surface area contributed by atoms with Gasteiger partial charge in [0.05, 0.1) is 19.9 Å². The van der Waals surface area contributed by atoms with E-state index in [1.54, 1.807) is 14.2 Å². The quantitative estimate of drug-likeness (QED) is 0.848. The molecule has 1 unspecified atom stereocenters. The molecule has 0 spiro atoms. The molecule has 1 aliphatic rings. The summed E-state index contributed by atoms with van der Waals surface area (Å²) < 4.78 is 10.3. The van der Waals surface area contributed by atoms with Gasteiger partial charge in [-0.2, -0.15) is 0 Å². The summed E-state index contributed by atoms with van der Waals surface area (Å²) in [6.45, 7) is 0. The fourth-order valence-electron chi connectivity index (χ4n) is 2.52. The molecule has 1 aliphatic heterocycles. The third-order valence-electron chi connectivity index (χ3n) is 3.78. The zero-order valence-corrected chi connectivity index (χ0v) is 12.8. The van der Waals surface area contributed by atoms with Crippen LogP contribution in [0.4, 0.5) is 0 Å². The Labute approximate surface area is 130 Å². The van der Waals surface area contributed by atoms with E-state index >= 15 is 0 Å². The molecule has 0 N–H and O–H groups in total. The molecule has 4 nitrogen and oxygen atoms in total. The maximum absolute atomic E-state index is 5.56. The second kappa shape index (κ2) is 6.52. The van der Waals surface area contributed by atoms with E-state index in [1.165, 1.54) is 5.56 Å². The first kappa shape index (κ1) is 14.4. The highest BCUT2D eigenvalue weighted by Gasteiger charge is 2.22. The predicted octanol–water partition coefficient (Wildman–Crippen LogP) is 3.44. The lowest BCUT2D eigenvalue weighted by atomic mass is 10.0. The smallest absolute Gasteiger partial charge is 0.137 e. The number of hydrogen-bond donors (Lipinski definition) is 0. The Kier molecular flexibility index (Phi) is 4.28. The van der Waals surface area contributed by atoms with Crippen molar-refractivity contribution in [2.75, 3.05) is 14.2 Å². The molecule has 0 saturated heterocycles. The van der Waals surface area contributed by atoms with Crippen molar-refractivity contribution < 1.29 is 14.3 Å². The molecule has 0 aromatic heterocycles. The first-order chi connectivity index (χ1) is 10.8. The Morgan fingerprint density at radius 1 is 0.955 bits per heavy atom. The zero-order chi connectivity index (χ0) is 15.4. The summed E-state index contributed by atoms with van der Waals surface area (Å²) >= 11 is 0. The minimum Gasteiger partial charge on any atom is -0.497 e. The number of methoxy groups -OCH3 is 2. The van der Waals surface area contributed by atoms with Gasteiger partial charge in [0.1, 0.15) is 17.6 Å². The molecule has 4 heteroatoms. The normalized spacial score (nSPS) is 16.8. The summed E-state index contributed by atoms with van der Waals surface area (Å²) in [5.74, 6) is 1.71. The van der Waals surface area contributed by atoms with Gasteiger partial charge >= 0.3 is 0 Å².